The summed E-state index contributed by atoms with van der Waals surface area (Å²) in [6.07, 6.45) is 0.923. The summed E-state index contributed by atoms with van der Waals surface area (Å²) < 4.78 is 10.6. The number of anilines is 1. The lowest BCUT2D eigenvalue weighted by molar-refractivity contribution is -0.116. The number of hydrogen-bond acceptors (Lipinski definition) is 3. The molecule has 0 fully saturated rings. The largest absolute Gasteiger partial charge is 0.493 e. The van der Waals surface area contributed by atoms with Gasteiger partial charge >= 0.3 is 0 Å². The van der Waals surface area contributed by atoms with Crippen LogP contribution in [-0.2, 0) is 11.2 Å². The standard InChI is InChI=1S/C17H18ClNO3/c1-21-15-5-3-4-12(17(15)22-2)6-11-16(20)19-14-9-7-13(18)8-10-14/h3-5,7-10H,6,11H2,1-2H3,(H,19,20). The van der Waals surface area contributed by atoms with Crippen molar-refractivity contribution in [1.29, 1.82) is 0 Å². The van der Waals surface area contributed by atoms with Crippen LogP contribution in [0.3, 0.4) is 0 Å². The number of rotatable bonds is 6. The molecule has 0 bridgehead atoms. The van der Waals surface area contributed by atoms with Gasteiger partial charge in [0.1, 0.15) is 0 Å². The van der Waals surface area contributed by atoms with Crippen LogP contribution in [0, 0.1) is 0 Å². The lowest BCUT2D eigenvalue weighted by Gasteiger charge is -2.12. The predicted octanol–water partition coefficient (Wildman–Crippen LogP) is 3.93. The molecule has 2 rings (SSSR count). The van der Waals surface area contributed by atoms with E-state index < -0.39 is 0 Å². The molecule has 1 amide bonds. The summed E-state index contributed by atoms with van der Waals surface area (Å²) in [5, 5.41) is 3.47. The van der Waals surface area contributed by atoms with Crippen LogP contribution in [-0.4, -0.2) is 20.1 Å². The summed E-state index contributed by atoms with van der Waals surface area (Å²) in [5.74, 6) is 1.27. The van der Waals surface area contributed by atoms with Gasteiger partial charge in [-0.2, -0.15) is 0 Å². The Bertz CT molecular complexity index is 641. The molecule has 0 atom stereocenters. The highest BCUT2D eigenvalue weighted by atomic mass is 35.5. The predicted molar refractivity (Wildman–Crippen MR) is 87.9 cm³/mol. The van der Waals surface area contributed by atoms with Crippen molar-refractivity contribution in [2.45, 2.75) is 12.8 Å². The Morgan fingerprint density at radius 2 is 1.82 bits per heavy atom. The Morgan fingerprint density at radius 1 is 1.09 bits per heavy atom. The zero-order valence-corrected chi connectivity index (χ0v) is 13.3. The Balaban J connectivity index is 1.98. The molecule has 4 nitrogen and oxygen atoms in total. The minimum Gasteiger partial charge on any atom is -0.493 e. The minimum absolute atomic E-state index is 0.0628. The summed E-state index contributed by atoms with van der Waals surface area (Å²) in [7, 11) is 3.18. The molecule has 0 aliphatic heterocycles. The molecule has 0 aromatic heterocycles. The average Bonchev–Trinajstić information content (AvgIpc) is 2.54. The summed E-state index contributed by atoms with van der Waals surface area (Å²) in [6.45, 7) is 0. The molecular weight excluding hydrogens is 302 g/mol. The Morgan fingerprint density at radius 3 is 2.45 bits per heavy atom. The number of halogens is 1. The first-order valence-corrected chi connectivity index (χ1v) is 7.27. The van der Waals surface area contributed by atoms with Crippen LogP contribution >= 0.6 is 11.6 Å². The smallest absolute Gasteiger partial charge is 0.224 e. The van der Waals surface area contributed by atoms with Gasteiger partial charge in [0.15, 0.2) is 11.5 Å². The molecule has 0 aliphatic carbocycles. The molecule has 116 valence electrons. The fraction of sp³-hybridized carbons (Fsp3) is 0.235. The fourth-order valence-electron chi connectivity index (χ4n) is 2.16. The number of ether oxygens (including phenoxy) is 2. The molecule has 1 N–H and O–H groups in total. The highest BCUT2D eigenvalue weighted by Crippen LogP contribution is 2.31. The molecule has 2 aromatic carbocycles. The van der Waals surface area contributed by atoms with E-state index in [1.165, 1.54) is 0 Å². The van der Waals surface area contributed by atoms with Gasteiger partial charge in [-0.05, 0) is 42.3 Å². The number of benzene rings is 2. The summed E-state index contributed by atoms with van der Waals surface area (Å²) in [5.41, 5.74) is 1.67. The van der Waals surface area contributed by atoms with Gasteiger partial charge in [-0.1, -0.05) is 23.7 Å². The maximum absolute atomic E-state index is 12.0. The third kappa shape index (κ3) is 4.15. The second kappa shape index (κ2) is 7.71. The van der Waals surface area contributed by atoms with Crippen LogP contribution in [0.1, 0.15) is 12.0 Å². The second-order valence-corrected chi connectivity index (χ2v) is 5.14. The second-order valence-electron chi connectivity index (χ2n) is 4.71. The van der Waals surface area contributed by atoms with Gasteiger partial charge in [0, 0.05) is 17.1 Å². The van der Waals surface area contributed by atoms with Crippen LogP contribution in [0.15, 0.2) is 42.5 Å². The van der Waals surface area contributed by atoms with E-state index in [-0.39, 0.29) is 5.91 Å². The van der Waals surface area contributed by atoms with Crippen LogP contribution < -0.4 is 14.8 Å². The average molecular weight is 320 g/mol. The molecule has 0 spiro atoms. The third-order valence-electron chi connectivity index (χ3n) is 3.23. The number of para-hydroxylation sites is 1. The topological polar surface area (TPSA) is 47.6 Å². The molecule has 22 heavy (non-hydrogen) atoms. The molecule has 0 saturated carbocycles. The molecule has 0 unspecified atom stereocenters. The molecule has 0 radical (unpaired) electrons. The Kier molecular flexibility index (Phi) is 5.67. The lowest BCUT2D eigenvalue weighted by atomic mass is 10.1. The number of hydrogen-bond donors (Lipinski definition) is 1. The van der Waals surface area contributed by atoms with Crippen molar-refractivity contribution in [3.63, 3.8) is 0 Å². The maximum atomic E-state index is 12.0. The third-order valence-corrected chi connectivity index (χ3v) is 3.49. The number of nitrogens with one attached hydrogen (secondary N) is 1. The van der Waals surface area contributed by atoms with E-state index in [1.54, 1.807) is 38.5 Å². The minimum atomic E-state index is -0.0628. The van der Waals surface area contributed by atoms with E-state index >= 15 is 0 Å². The van der Waals surface area contributed by atoms with Crippen molar-refractivity contribution >= 4 is 23.2 Å². The number of amides is 1. The van der Waals surface area contributed by atoms with Crippen LogP contribution in [0.5, 0.6) is 11.5 Å². The molecular formula is C17H18ClNO3. The van der Waals surface area contributed by atoms with Gasteiger partial charge in [-0.15, -0.1) is 0 Å². The van der Waals surface area contributed by atoms with Crippen LogP contribution in [0.4, 0.5) is 5.69 Å². The van der Waals surface area contributed by atoms with E-state index in [4.69, 9.17) is 21.1 Å². The number of aryl methyl sites for hydroxylation is 1. The summed E-state index contributed by atoms with van der Waals surface area (Å²) in [4.78, 5) is 12.0. The van der Waals surface area contributed by atoms with Crippen molar-refractivity contribution < 1.29 is 14.3 Å². The van der Waals surface area contributed by atoms with Crippen molar-refractivity contribution in [3.8, 4) is 11.5 Å². The van der Waals surface area contributed by atoms with Gasteiger partial charge in [0.25, 0.3) is 0 Å². The SMILES string of the molecule is COc1cccc(CCC(=O)Nc2ccc(Cl)cc2)c1OC. The van der Waals surface area contributed by atoms with Crippen molar-refractivity contribution in [2.24, 2.45) is 0 Å². The van der Waals surface area contributed by atoms with Crippen molar-refractivity contribution in [2.75, 3.05) is 19.5 Å². The highest BCUT2D eigenvalue weighted by Gasteiger charge is 2.11. The zero-order valence-electron chi connectivity index (χ0n) is 12.6. The summed E-state index contributed by atoms with van der Waals surface area (Å²) >= 11 is 5.81. The summed E-state index contributed by atoms with van der Waals surface area (Å²) in [6, 6.07) is 12.7. The normalized spacial score (nSPS) is 10.1. The van der Waals surface area contributed by atoms with Gasteiger partial charge < -0.3 is 14.8 Å². The zero-order chi connectivity index (χ0) is 15.9. The fourth-order valence-corrected chi connectivity index (χ4v) is 2.28. The Labute approximate surface area is 135 Å². The maximum Gasteiger partial charge on any atom is 0.224 e. The highest BCUT2D eigenvalue weighted by molar-refractivity contribution is 6.30. The molecule has 0 aliphatic rings. The molecule has 0 heterocycles. The lowest BCUT2D eigenvalue weighted by Crippen LogP contribution is -2.12. The van der Waals surface area contributed by atoms with Crippen molar-refractivity contribution in [1.82, 2.24) is 0 Å². The van der Waals surface area contributed by atoms with Gasteiger partial charge in [-0.25, -0.2) is 0 Å². The Hall–Kier alpha value is -2.20. The first-order valence-electron chi connectivity index (χ1n) is 6.89. The number of carbonyl (C=O) groups excluding carboxylic acids is 1. The first-order chi connectivity index (χ1) is 10.6. The van der Waals surface area contributed by atoms with Crippen molar-refractivity contribution in [3.05, 3.63) is 53.1 Å². The first kappa shape index (κ1) is 16.2. The van der Waals surface area contributed by atoms with E-state index in [1.807, 2.05) is 18.2 Å². The van der Waals surface area contributed by atoms with Crippen LogP contribution in [0.2, 0.25) is 5.02 Å². The van der Waals surface area contributed by atoms with Gasteiger partial charge in [0.05, 0.1) is 14.2 Å². The van der Waals surface area contributed by atoms with Gasteiger partial charge in [0.2, 0.25) is 5.91 Å². The van der Waals surface area contributed by atoms with E-state index in [0.717, 1.165) is 11.3 Å². The van der Waals surface area contributed by atoms with E-state index in [2.05, 4.69) is 5.32 Å². The molecule has 5 heteroatoms. The van der Waals surface area contributed by atoms with E-state index in [0.29, 0.717) is 29.4 Å². The molecule has 2 aromatic rings. The monoisotopic (exact) mass is 319 g/mol. The quantitative estimate of drug-likeness (QED) is 0.877. The number of carbonyl (C=O) groups is 1. The van der Waals surface area contributed by atoms with E-state index in [9.17, 15) is 4.79 Å². The number of methoxy groups -OCH3 is 2. The van der Waals surface area contributed by atoms with Gasteiger partial charge in [-0.3, -0.25) is 4.79 Å². The molecule has 0 saturated heterocycles. The van der Waals surface area contributed by atoms with Crippen LogP contribution in [0.25, 0.3) is 0 Å².